The molecule has 1 unspecified atom stereocenters. The molecular formula is C20H18N4O4S. The van der Waals surface area contributed by atoms with Gasteiger partial charge in [-0.1, -0.05) is 17.7 Å². The van der Waals surface area contributed by atoms with Crippen molar-refractivity contribution in [3.63, 3.8) is 0 Å². The lowest BCUT2D eigenvalue weighted by Crippen LogP contribution is -2.49. The van der Waals surface area contributed by atoms with Gasteiger partial charge >= 0.3 is 10.1 Å². The topological polar surface area (TPSA) is 126 Å². The zero-order chi connectivity index (χ0) is 21.6. The molecule has 2 aromatic rings. The van der Waals surface area contributed by atoms with Gasteiger partial charge in [0, 0.05) is 11.4 Å². The number of aryl methyl sites for hydroxylation is 1. The third-order valence-electron chi connectivity index (χ3n) is 4.89. The summed E-state index contributed by atoms with van der Waals surface area (Å²) >= 11 is 0. The maximum absolute atomic E-state index is 13.3. The number of amides is 1. The van der Waals surface area contributed by atoms with Crippen molar-refractivity contribution in [3.05, 3.63) is 59.2 Å². The number of anilines is 2. The Labute approximate surface area is 168 Å². The molecule has 1 aliphatic rings. The summed E-state index contributed by atoms with van der Waals surface area (Å²) in [7, 11) is -4.76. The molecule has 1 aliphatic heterocycles. The summed E-state index contributed by atoms with van der Waals surface area (Å²) in [5.74, 6) is -0.575. The number of carbonyl (C=O) groups is 1. The molecule has 9 heteroatoms. The normalized spacial score (nSPS) is 18.4. The third-order valence-corrected chi connectivity index (χ3v) is 5.84. The minimum absolute atomic E-state index is 0.00141. The monoisotopic (exact) mass is 410 g/mol. The Morgan fingerprint density at radius 2 is 1.55 bits per heavy atom. The lowest BCUT2D eigenvalue weighted by atomic mass is 10.0. The largest absolute Gasteiger partial charge is 0.322 e. The lowest BCUT2D eigenvalue weighted by molar-refractivity contribution is -0.120. The zero-order valence-corrected chi connectivity index (χ0v) is 16.8. The average Bonchev–Trinajstić information content (AvgIpc) is 2.88. The molecule has 0 radical (unpaired) electrons. The van der Waals surface area contributed by atoms with Crippen LogP contribution in [-0.4, -0.2) is 29.9 Å². The SMILES string of the molecule is Cc1ccc(N2C(S(=O)(=O)O)N(c3ccc(C#N)c(C#N)c3)C(=O)C2(C)C)cc1. The molecule has 0 spiro atoms. The van der Waals surface area contributed by atoms with Crippen molar-refractivity contribution in [1.82, 2.24) is 0 Å². The molecule has 29 heavy (non-hydrogen) atoms. The maximum atomic E-state index is 13.3. The second-order valence-electron chi connectivity index (χ2n) is 7.23. The Hall–Kier alpha value is -3.40. The van der Waals surface area contributed by atoms with Crippen molar-refractivity contribution in [2.45, 2.75) is 31.8 Å². The van der Waals surface area contributed by atoms with Crippen molar-refractivity contribution in [2.75, 3.05) is 9.80 Å². The quantitative estimate of drug-likeness (QED) is 0.771. The van der Waals surface area contributed by atoms with E-state index in [9.17, 15) is 23.0 Å². The fourth-order valence-corrected chi connectivity index (χ4v) is 4.56. The predicted octanol–water partition coefficient (Wildman–Crippen LogP) is 2.54. The van der Waals surface area contributed by atoms with Gasteiger partial charge in [0.25, 0.3) is 5.91 Å². The number of rotatable bonds is 3. The first kappa shape index (κ1) is 20.3. The van der Waals surface area contributed by atoms with E-state index in [4.69, 9.17) is 5.26 Å². The maximum Gasteiger partial charge on any atom is 0.306 e. The van der Waals surface area contributed by atoms with Crippen LogP contribution in [0.3, 0.4) is 0 Å². The first-order valence-corrected chi connectivity index (χ1v) is 10.1. The minimum Gasteiger partial charge on any atom is -0.322 e. The van der Waals surface area contributed by atoms with Gasteiger partial charge in [-0.15, -0.1) is 0 Å². The second kappa shape index (κ2) is 6.89. The molecule has 0 aliphatic carbocycles. The Balaban J connectivity index is 2.25. The van der Waals surface area contributed by atoms with Gasteiger partial charge in [0.1, 0.15) is 17.7 Å². The van der Waals surface area contributed by atoms with Gasteiger partial charge in [-0.2, -0.15) is 18.9 Å². The first-order valence-electron chi connectivity index (χ1n) is 8.62. The highest BCUT2D eigenvalue weighted by molar-refractivity contribution is 7.86. The van der Waals surface area contributed by atoms with Crippen LogP contribution >= 0.6 is 0 Å². The van der Waals surface area contributed by atoms with Crippen LogP contribution in [0.1, 0.15) is 30.5 Å². The van der Waals surface area contributed by atoms with Crippen molar-refractivity contribution in [1.29, 1.82) is 10.5 Å². The number of nitriles is 2. The van der Waals surface area contributed by atoms with E-state index in [0.29, 0.717) is 5.69 Å². The van der Waals surface area contributed by atoms with Crippen LogP contribution in [0.2, 0.25) is 0 Å². The fraction of sp³-hybridized carbons (Fsp3) is 0.250. The highest BCUT2D eigenvalue weighted by Crippen LogP contribution is 2.40. The van der Waals surface area contributed by atoms with Crippen molar-refractivity contribution in [2.24, 2.45) is 0 Å². The highest BCUT2D eigenvalue weighted by Gasteiger charge is 2.57. The molecule has 1 heterocycles. The first-order chi connectivity index (χ1) is 13.5. The van der Waals surface area contributed by atoms with Crippen LogP contribution in [0.4, 0.5) is 11.4 Å². The van der Waals surface area contributed by atoms with Gasteiger partial charge in [-0.3, -0.25) is 14.2 Å². The summed E-state index contributed by atoms with van der Waals surface area (Å²) in [6.07, 6.45) is 0. The fourth-order valence-electron chi connectivity index (χ4n) is 3.43. The van der Waals surface area contributed by atoms with Gasteiger partial charge < -0.3 is 4.90 Å². The summed E-state index contributed by atoms with van der Waals surface area (Å²) in [6, 6.07) is 14.6. The number of benzene rings is 2. The molecule has 148 valence electrons. The van der Waals surface area contributed by atoms with E-state index >= 15 is 0 Å². The van der Waals surface area contributed by atoms with Crippen LogP contribution in [0.5, 0.6) is 0 Å². The summed E-state index contributed by atoms with van der Waals surface area (Å²) in [4.78, 5) is 15.5. The van der Waals surface area contributed by atoms with E-state index in [-0.39, 0.29) is 16.8 Å². The average molecular weight is 410 g/mol. The van der Waals surface area contributed by atoms with Gasteiger partial charge in [0.2, 0.25) is 5.50 Å². The van der Waals surface area contributed by atoms with Gasteiger partial charge in [0.15, 0.2) is 0 Å². The van der Waals surface area contributed by atoms with Crippen molar-refractivity contribution in [3.8, 4) is 12.1 Å². The van der Waals surface area contributed by atoms with E-state index in [2.05, 4.69) is 0 Å². The molecule has 8 nitrogen and oxygen atoms in total. The van der Waals surface area contributed by atoms with E-state index < -0.39 is 27.1 Å². The molecule has 2 aromatic carbocycles. The van der Waals surface area contributed by atoms with Crippen LogP contribution in [0.25, 0.3) is 0 Å². The zero-order valence-electron chi connectivity index (χ0n) is 16.0. The van der Waals surface area contributed by atoms with E-state index in [1.165, 1.54) is 23.1 Å². The molecule has 0 saturated carbocycles. The van der Waals surface area contributed by atoms with E-state index in [0.717, 1.165) is 10.5 Å². The molecular weight excluding hydrogens is 392 g/mol. The smallest absolute Gasteiger partial charge is 0.306 e. The number of hydrogen-bond donors (Lipinski definition) is 1. The van der Waals surface area contributed by atoms with Crippen LogP contribution in [-0.2, 0) is 14.9 Å². The second-order valence-corrected chi connectivity index (χ2v) is 8.69. The van der Waals surface area contributed by atoms with Gasteiger partial charge in [-0.25, -0.2) is 0 Å². The molecule has 1 amide bonds. The predicted molar refractivity (Wildman–Crippen MR) is 106 cm³/mol. The molecule has 1 fully saturated rings. The standard InChI is InChI=1S/C20H18N4O4S/c1-13-4-7-16(8-5-13)24-19(29(26,27)28)23(18(25)20(24,2)3)17-9-6-14(11-21)15(10-17)12-22/h4-10,19H,1-3H3,(H,26,27,28). The van der Waals surface area contributed by atoms with Gasteiger partial charge in [0.05, 0.1) is 11.1 Å². The molecule has 3 rings (SSSR count). The Bertz CT molecular complexity index is 1170. The Morgan fingerprint density at radius 3 is 2.07 bits per heavy atom. The van der Waals surface area contributed by atoms with Crippen LogP contribution in [0, 0.1) is 29.6 Å². The van der Waals surface area contributed by atoms with Crippen LogP contribution in [0.15, 0.2) is 42.5 Å². The van der Waals surface area contributed by atoms with E-state index in [1.54, 1.807) is 38.1 Å². The van der Waals surface area contributed by atoms with E-state index in [1.807, 2.05) is 19.1 Å². The molecule has 1 N–H and O–H groups in total. The Kier molecular flexibility index (Phi) is 4.83. The highest BCUT2D eigenvalue weighted by atomic mass is 32.2. The Morgan fingerprint density at radius 1 is 1.00 bits per heavy atom. The van der Waals surface area contributed by atoms with Crippen molar-refractivity contribution < 1.29 is 17.8 Å². The van der Waals surface area contributed by atoms with Crippen molar-refractivity contribution >= 4 is 27.4 Å². The minimum atomic E-state index is -4.76. The number of hydrogen-bond acceptors (Lipinski definition) is 6. The lowest BCUT2D eigenvalue weighted by Gasteiger charge is -2.34. The third kappa shape index (κ3) is 3.31. The van der Waals surface area contributed by atoms with Gasteiger partial charge in [-0.05, 0) is 51.1 Å². The summed E-state index contributed by atoms with van der Waals surface area (Å²) in [6.45, 7) is 4.99. The summed E-state index contributed by atoms with van der Waals surface area (Å²) in [5.41, 5.74) is -1.46. The molecule has 1 saturated heterocycles. The number of carbonyl (C=O) groups excluding carboxylic acids is 1. The number of nitrogens with zero attached hydrogens (tertiary/aromatic N) is 4. The molecule has 0 aromatic heterocycles. The molecule has 0 bridgehead atoms. The summed E-state index contributed by atoms with van der Waals surface area (Å²) in [5, 5.41) is 18.4. The van der Waals surface area contributed by atoms with Crippen LogP contribution < -0.4 is 9.80 Å². The molecule has 1 atom stereocenters. The summed E-state index contributed by atoms with van der Waals surface area (Å²) < 4.78 is 34.8.